The standard InChI is InChI=1S/C14H29N/c1-11-10-12(13(2,3)4)8-9-15(11)14(5,6)7/h11-12H,8-10H2,1-7H3/t11-,12?/m0/s1. The second-order valence-corrected chi connectivity index (χ2v) is 7.30. The van der Waals surface area contributed by atoms with Crippen molar-refractivity contribution in [2.24, 2.45) is 11.3 Å². The Morgan fingerprint density at radius 3 is 1.87 bits per heavy atom. The fourth-order valence-corrected chi connectivity index (χ4v) is 2.96. The van der Waals surface area contributed by atoms with Gasteiger partial charge in [0.05, 0.1) is 0 Å². The smallest absolute Gasteiger partial charge is 0.0127 e. The number of hydrogen-bond donors (Lipinski definition) is 0. The van der Waals surface area contributed by atoms with Crippen molar-refractivity contribution in [1.82, 2.24) is 4.90 Å². The summed E-state index contributed by atoms with van der Waals surface area (Å²) in [5.41, 5.74) is 0.820. The molecule has 0 spiro atoms. The monoisotopic (exact) mass is 211 g/mol. The molecule has 1 aliphatic rings. The van der Waals surface area contributed by atoms with Gasteiger partial charge in [-0.2, -0.15) is 0 Å². The molecule has 0 bridgehead atoms. The summed E-state index contributed by atoms with van der Waals surface area (Å²) in [5.74, 6) is 0.895. The van der Waals surface area contributed by atoms with E-state index < -0.39 is 0 Å². The molecule has 0 amide bonds. The maximum absolute atomic E-state index is 2.66. The average molecular weight is 211 g/mol. The summed E-state index contributed by atoms with van der Waals surface area (Å²) in [4.78, 5) is 2.66. The van der Waals surface area contributed by atoms with E-state index >= 15 is 0 Å². The molecule has 2 atom stereocenters. The zero-order valence-electron chi connectivity index (χ0n) is 11.7. The van der Waals surface area contributed by atoms with Crippen LogP contribution in [0.4, 0.5) is 0 Å². The molecule has 0 aromatic heterocycles. The summed E-state index contributed by atoms with van der Waals surface area (Å²) in [6, 6.07) is 0.739. The van der Waals surface area contributed by atoms with Crippen LogP contribution in [0.5, 0.6) is 0 Å². The summed E-state index contributed by atoms with van der Waals surface area (Å²) in [5, 5.41) is 0. The molecule has 1 heteroatoms. The van der Waals surface area contributed by atoms with Crippen molar-refractivity contribution in [1.29, 1.82) is 0 Å². The minimum atomic E-state index is 0.336. The maximum atomic E-state index is 2.66. The zero-order chi connectivity index (χ0) is 11.9. The minimum absolute atomic E-state index is 0.336. The van der Waals surface area contributed by atoms with Crippen molar-refractivity contribution in [2.45, 2.75) is 72.9 Å². The van der Waals surface area contributed by atoms with Gasteiger partial charge in [-0.1, -0.05) is 20.8 Å². The Labute approximate surface area is 96.2 Å². The maximum Gasteiger partial charge on any atom is 0.0127 e. The van der Waals surface area contributed by atoms with Crippen LogP contribution in [-0.4, -0.2) is 23.0 Å². The molecular weight excluding hydrogens is 182 g/mol. The van der Waals surface area contributed by atoms with E-state index in [1.807, 2.05) is 0 Å². The van der Waals surface area contributed by atoms with Crippen LogP contribution in [0.15, 0.2) is 0 Å². The Bertz CT molecular complexity index is 206. The third-order valence-corrected chi connectivity index (χ3v) is 3.96. The van der Waals surface area contributed by atoms with Crippen molar-refractivity contribution in [3.8, 4) is 0 Å². The molecule has 15 heavy (non-hydrogen) atoms. The molecule has 0 saturated carbocycles. The van der Waals surface area contributed by atoms with Crippen molar-refractivity contribution >= 4 is 0 Å². The van der Waals surface area contributed by atoms with E-state index in [4.69, 9.17) is 0 Å². The molecule has 1 rings (SSSR count). The van der Waals surface area contributed by atoms with E-state index in [0.717, 1.165) is 12.0 Å². The van der Waals surface area contributed by atoms with Crippen molar-refractivity contribution in [3.63, 3.8) is 0 Å². The quantitative estimate of drug-likeness (QED) is 0.587. The van der Waals surface area contributed by atoms with Crippen LogP contribution in [0.3, 0.4) is 0 Å². The largest absolute Gasteiger partial charge is 0.296 e. The van der Waals surface area contributed by atoms with Crippen LogP contribution < -0.4 is 0 Å². The predicted octanol–water partition coefficient (Wildman–Crippen LogP) is 3.93. The number of rotatable bonds is 0. The molecule has 0 N–H and O–H groups in total. The van der Waals surface area contributed by atoms with Gasteiger partial charge in [-0.25, -0.2) is 0 Å². The van der Waals surface area contributed by atoms with Crippen molar-refractivity contribution in [2.75, 3.05) is 6.54 Å². The summed E-state index contributed by atoms with van der Waals surface area (Å²) >= 11 is 0. The number of hydrogen-bond acceptors (Lipinski definition) is 1. The van der Waals surface area contributed by atoms with E-state index in [9.17, 15) is 0 Å². The number of likely N-dealkylation sites (tertiary alicyclic amines) is 1. The molecule has 1 fully saturated rings. The lowest BCUT2D eigenvalue weighted by Crippen LogP contribution is -2.52. The van der Waals surface area contributed by atoms with Gasteiger partial charge in [0.1, 0.15) is 0 Å². The van der Waals surface area contributed by atoms with Crippen LogP contribution in [0.1, 0.15) is 61.3 Å². The predicted molar refractivity (Wildman–Crippen MR) is 68.1 cm³/mol. The van der Waals surface area contributed by atoms with Gasteiger partial charge in [0.15, 0.2) is 0 Å². The summed E-state index contributed by atoms with van der Waals surface area (Å²) in [6.07, 6.45) is 2.73. The third-order valence-electron chi connectivity index (χ3n) is 3.96. The van der Waals surface area contributed by atoms with Gasteiger partial charge in [0.2, 0.25) is 0 Å². The van der Waals surface area contributed by atoms with Gasteiger partial charge in [-0.15, -0.1) is 0 Å². The Kier molecular flexibility index (Phi) is 3.55. The Hall–Kier alpha value is -0.0400. The van der Waals surface area contributed by atoms with Crippen LogP contribution >= 0.6 is 0 Å². The molecule has 0 aromatic rings. The highest BCUT2D eigenvalue weighted by molar-refractivity contribution is 4.90. The molecule has 1 saturated heterocycles. The van der Waals surface area contributed by atoms with E-state index in [0.29, 0.717) is 11.0 Å². The molecular formula is C14H29N. The summed E-state index contributed by atoms with van der Waals surface area (Å²) in [7, 11) is 0. The van der Waals surface area contributed by atoms with E-state index in [1.165, 1.54) is 19.4 Å². The lowest BCUT2D eigenvalue weighted by molar-refractivity contribution is 0.0111. The van der Waals surface area contributed by atoms with Gasteiger partial charge in [-0.05, 0) is 58.4 Å². The summed E-state index contributed by atoms with van der Waals surface area (Å²) in [6.45, 7) is 17.8. The minimum Gasteiger partial charge on any atom is -0.296 e. The Balaban J connectivity index is 2.64. The van der Waals surface area contributed by atoms with E-state index in [-0.39, 0.29) is 0 Å². The Morgan fingerprint density at radius 2 is 1.53 bits per heavy atom. The molecule has 1 aliphatic heterocycles. The molecule has 0 radical (unpaired) electrons. The molecule has 90 valence electrons. The first-order valence-electron chi connectivity index (χ1n) is 6.39. The van der Waals surface area contributed by atoms with Crippen LogP contribution in [0.2, 0.25) is 0 Å². The van der Waals surface area contributed by atoms with Crippen LogP contribution in [0, 0.1) is 11.3 Å². The van der Waals surface area contributed by atoms with Gasteiger partial charge in [-0.3, -0.25) is 4.90 Å². The number of nitrogens with zero attached hydrogens (tertiary/aromatic N) is 1. The molecule has 1 heterocycles. The van der Waals surface area contributed by atoms with Gasteiger partial charge in [0, 0.05) is 11.6 Å². The van der Waals surface area contributed by atoms with Crippen LogP contribution in [0.25, 0.3) is 0 Å². The molecule has 1 nitrogen and oxygen atoms in total. The second-order valence-electron chi connectivity index (χ2n) is 7.30. The van der Waals surface area contributed by atoms with Crippen molar-refractivity contribution < 1.29 is 0 Å². The fraction of sp³-hybridized carbons (Fsp3) is 1.00. The van der Waals surface area contributed by atoms with Gasteiger partial charge < -0.3 is 0 Å². The lowest BCUT2D eigenvalue weighted by atomic mass is 9.73. The fourth-order valence-electron chi connectivity index (χ4n) is 2.96. The Morgan fingerprint density at radius 1 is 1.00 bits per heavy atom. The highest BCUT2D eigenvalue weighted by atomic mass is 15.2. The third kappa shape index (κ3) is 3.21. The number of piperidine rings is 1. The van der Waals surface area contributed by atoms with Crippen LogP contribution in [-0.2, 0) is 0 Å². The lowest BCUT2D eigenvalue weighted by Gasteiger charge is -2.48. The zero-order valence-corrected chi connectivity index (χ0v) is 11.7. The van der Waals surface area contributed by atoms with Gasteiger partial charge >= 0.3 is 0 Å². The molecule has 0 aromatic carbocycles. The first kappa shape index (κ1) is 13.0. The first-order valence-corrected chi connectivity index (χ1v) is 6.39. The van der Waals surface area contributed by atoms with Crippen molar-refractivity contribution in [3.05, 3.63) is 0 Å². The first-order chi connectivity index (χ1) is 6.62. The second kappa shape index (κ2) is 4.08. The molecule has 0 aliphatic carbocycles. The topological polar surface area (TPSA) is 3.24 Å². The SMILES string of the molecule is C[C@H]1CC(C(C)(C)C)CCN1C(C)(C)C. The van der Waals surface area contributed by atoms with E-state index in [1.54, 1.807) is 0 Å². The average Bonchev–Trinajstić information content (AvgIpc) is 1.99. The van der Waals surface area contributed by atoms with Gasteiger partial charge in [0.25, 0.3) is 0 Å². The highest BCUT2D eigenvalue weighted by Crippen LogP contribution is 2.38. The van der Waals surface area contributed by atoms with E-state index in [2.05, 4.69) is 53.4 Å². The molecule has 1 unspecified atom stereocenters. The normalized spacial score (nSPS) is 30.6. The summed E-state index contributed by atoms with van der Waals surface area (Å²) < 4.78 is 0. The highest BCUT2D eigenvalue weighted by Gasteiger charge is 2.36.